The highest BCUT2D eigenvalue weighted by atomic mass is 16.2. The van der Waals surface area contributed by atoms with Crippen molar-refractivity contribution in [3.8, 4) is 0 Å². The second kappa shape index (κ2) is 8.91. The van der Waals surface area contributed by atoms with Crippen molar-refractivity contribution in [2.24, 2.45) is 11.8 Å². The molecule has 0 heterocycles. The van der Waals surface area contributed by atoms with E-state index in [0.29, 0.717) is 31.3 Å². The highest BCUT2D eigenvalue weighted by Crippen LogP contribution is 2.04. The zero-order chi connectivity index (χ0) is 15.0. The lowest BCUT2D eigenvalue weighted by Crippen LogP contribution is -2.50. The SMILES string of the molecule is CC(C)CCC(=O)NN(CC(C)C)C(=O)CN(C)C. The summed E-state index contributed by atoms with van der Waals surface area (Å²) in [6.07, 6.45) is 1.30. The predicted molar refractivity (Wildman–Crippen MR) is 77.3 cm³/mol. The van der Waals surface area contributed by atoms with Gasteiger partial charge in [-0.25, -0.2) is 0 Å². The molecule has 0 aliphatic heterocycles. The molecule has 0 rings (SSSR count). The molecule has 0 aromatic heterocycles. The molecule has 0 fully saturated rings. The number of hydrogen-bond acceptors (Lipinski definition) is 3. The van der Waals surface area contributed by atoms with Crippen LogP contribution in [-0.2, 0) is 9.59 Å². The van der Waals surface area contributed by atoms with Crippen LogP contribution in [0.15, 0.2) is 0 Å². The maximum Gasteiger partial charge on any atom is 0.255 e. The molecule has 0 bridgehead atoms. The van der Waals surface area contributed by atoms with Crippen molar-refractivity contribution >= 4 is 11.8 Å². The Bertz CT molecular complexity index is 288. The van der Waals surface area contributed by atoms with Gasteiger partial charge in [0.2, 0.25) is 5.91 Å². The van der Waals surface area contributed by atoms with Crippen LogP contribution in [0, 0.1) is 11.8 Å². The summed E-state index contributed by atoms with van der Waals surface area (Å²) in [5, 5.41) is 1.45. The molecule has 0 radical (unpaired) electrons. The monoisotopic (exact) mass is 271 g/mol. The van der Waals surface area contributed by atoms with Gasteiger partial charge in [-0.05, 0) is 32.4 Å². The van der Waals surface area contributed by atoms with Gasteiger partial charge in [0.05, 0.1) is 6.54 Å². The minimum absolute atomic E-state index is 0.0726. The molecule has 1 N–H and O–H groups in total. The lowest BCUT2D eigenvalue weighted by Gasteiger charge is -2.26. The van der Waals surface area contributed by atoms with Crippen molar-refractivity contribution in [1.82, 2.24) is 15.3 Å². The number of likely N-dealkylation sites (N-methyl/N-ethyl adjacent to an activating group) is 1. The Kier molecular flexibility index (Phi) is 8.39. The summed E-state index contributed by atoms with van der Waals surface area (Å²) in [6, 6.07) is 0. The Balaban J connectivity index is 4.41. The molecule has 0 spiro atoms. The van der Waals surface area contributed by atoms with Crippen molar-refractivity contribution in [1.29, 1.82) is 0 Å². The number of hydrazine groups is 1. The first-order chi connectivity index (χ1) is 8.72. The first kappa shape index (κ1) is 17.9. The van der Waals surface area contributed by atoms with Gasteiger partial charge < -0.3 is 4.90 Å². The van der Waals surface area contributed by atoms with Crippen molar-refractivity contribution in [2.75, 3.05) is 27.2 Å². The highest BCUT2D eigenvalue weighted by molar-refractivity contribution is 5.83. The van der Waals surface area contributed by atoms with E-state index in [2.05, 4.69) is 19.3 Å². The van der Waals surface area contributed by atoms with Crippen LogP contribution in [0.3, 0.4) is 0 Å². The molecular formula is C14H29N3O2. The average molecular weight is 271 g/mol. The number of rotatable bonds is 7. The van der Waals surface area contributed by atoms with Crippen LogP contribution in [0.5, 0.6) is 0 Å². The molecule has 0 saturated heterocycles. The van der Waals surface area contributed by atoms with Gasteiger partial charge >= 0.3 is 0 Å². The summed E-state index contributed by atoms with van der Waals surface area (Å²) in [7, 11) is 3.68. The van der Waals surface area contributed by atoms with E-state index in [9.17, 15) is 9.59 Å². The van der Waals surface area contributed by atoms with Crippen LogP contribution >= 0.6 is 0 Å². The molecule has 0 aromatic carbocycles. The lowest BCUT2D eigenvalue weighted by atomic mass is 10.1. The summed E-state index contributed by atoms with van der Waals surface area (Å²) >= 11 is 0. The third-order valence-electron chi connectivity index (χ3n) is 2.51. The molecule has 5 heteroatoms. The van der Waals surface area contributed by atoms with Gasteiger partial charge in [-0.15, -0.1) is 0 Å². The Morgan fingerprint density at radius 1 is 1.05 bits per heavy atom. The van der Waals surface area contributed by atoms with Crippen LogP contribution in [0.1, 0.15) is 40.5 Å². The normalized spacial score (nSPS) is 11.2. The zero-order valence-corrected chi connectivity index (χ0v) is 13.2. The second-order valence-corrected chi connectivity index (χ2v) is 6.10. The maximum absolute atomic E-state index is 12.0. The molecule has 0 saturated carbocycles. The topological polar surface area (TPSA) is 52.7 Å². The van der Waals surface area contributed by atoms with Gasteiger partial charge in [0, 0.05) is 13.0 Å². The fourth-order valence-electron chi connectivity index (χ4n) is 1.56. The zero-order valence-electron chi connectivity index (χ0n) is 13.2. The molecule has 112 valence electrons. The second-order valence-electron chi connectivity index (χ2n) is 6.10. The minimum atomic E-state index is -0.0820. The van der Waals surface area contributed by atoms with Crippen LogP contribution in [0.4, 0.5) is 0 Å². The summed E-state index contributed by atoms with van der Waals surface area (Å²) in [5.41, 5.74) is 2.73. The van der Waals surface area contributed by atoms with E-state index in [1.54, 1.807) is 4.90 Å². The number of nitrogens with one attached hydrogen (secondary N) is 1. The van der Waals surface area contributed by atoms with Gasteiger partial charge in [0.1, 0.15) is 0 Å². The fraction of sp³-hybridized carbons (Fsp3) is 0.857. The van der Waals surface area contributed by atoms with Crippen molar-refractivity contribution in [2.45, 2.75) is 40.5 Å². The third-order valence-corrected chi connectivity index (χ3v) is 2.51. The first-order valence-electron chi connectivity index (χ1n) is 6.97. The number of nitrogens with zero attached hydrogens (tertiary/aromatic N) is 2. The van der Waals surface area contributed by atoms with Gasteiger partial charge in [0.15, 0.2) is 0 Å². The Labute approximate surface area is 117 Å². The van der Waals surface area contributed by atoms with E-state index < -0.39 is 0 Å². The smallest absolute Gasteiger partial charge is 0.255 e. The van der Waals surface area contributed by atoms with E-state index in [1.807, 2.05) is 27.9 Å². The Hall–Kier alpha value is -1.10. The number of carbonyl (C=O) groups excluding carboxylic acids is 2. The van der Waals surface area contributed by atoms with Crippen LogP contribution in [-0.4, -0.2) is 48.9 Å². The van der Waals surface area contributed by atoms with Crippen LogP contribution < -0.4 is 5.43 Å². The average Bonchev–Trinajstić information content (AvgIpc) is 2.23. The largest absolute Gasteiger partial charge is 0.301 e. The third kappa shape index (κ3) is 9.47. The lowest BCUT2D eigenvalue weighted by molar-refractivity contribution is -0.142. The summed E-state index contributed by atoms with van der Waals surface area (Å²) < 4.78 is 0. The molecule has 0 unspecified atom stereocenters. The fourth-order valence-corrected chi connectivity index (χ4v) is 1.56. The Morgan fingerprint density at radius 2 is 1.63 bits per heavy atom. The van der Waals surface area contributed by atoms with E-state index >= 15 is 0 Å². The number of amides is 2. The number of carbonyl (C=O) groups is 2. The van der Waals surface area contributed by atoms with Gasteiger partial charge in [0.25, 0.3) is 5.91 Å². The van der Waals surface area contributed by atoms with E-state index in [1.165, 1.54) is 5.01 Å². The van der Waals surface area contributed by atoms with Gasteiger partial charge in [-0.3, -0.25) is 20.0 Å². The molecule has 0 aromatic rings. The minimum Gasteiger partial charge on any atom is -0.301 e. The summed E-state index contributed by atoms with van der Waals surface area (Å²) in [5.74, 6) is 0.649. The van der Waals surface area contributed by atoms with Crippen LogP contribution in [0.2, 0.25) is 0 Å². The van der Waals surface area contributed by atoms with Crippen molar-refractivity contribution < 1.29 is 9.59 Å². The molecule has 0 aliphatic rings. The molecule has 2 amide bonds. The summed E-state index contributed by atoms with van der Waals surface area (Å²) in [6.45, 7) is 9.05. The Morgan fingerprint density at radius 3 is 2.05 bits per heavy atom. The van der Waals surface area contributed by atoms with E-state index in [0.717, 1.165) is 6.42 Å². The van der Waals surface area contributed by atoms with E-state index in [4.69, 9.17) is 0 Å². The van der Waals surface area contributed by atoms with Crippen molar-refractivity contribution in [3.05, 3.63) is 0 Å². The molecule has 5 nitrogen and oxygen atoms in total. The summed E-state index contributed by atoms with van der Waals surface area (Å²) in [4.78, 5) is 25.6. The first-order valence-corrected chi connectivity index (χ1v) is 6.97. The van der Waals surface area contributed by atoms with Gasteiger partial charge in [-0.2, -0.15) is 0 Å². The molecular weight excluding hydrogens is 242 g/mol. The standard InChI is InChI=1S/C14H29N3O2/c1-11(2)7-8-13(18)15-17(9-12(3)4)14(19)10-16(5)6/h11-12H,7-10H2,1-6H3,(H,15,18). The molecule has 19 heavy (non-hydrogen) atoms. The molecule has 0 aliphatic carbocycles. The van der Waals surface area contributed by atoms with Crippen LogP contribution in [0.25, 0.3) is 0 Å². The quantitative estimate of drug-likeness (QED) is 0.714. The maximum atomic E-state index is 12.0. The predicted octanol–water partition coefficient (Wildman–Crippen LogP) is 1.50. The van der Waals surface area contributed by atoms with E-state index in [-0.39, 0.29) is 11.8 Å². The highest BCUT2D eigenvalue weighted by Gasteiger charge is 2.18. The van der Waals surface area contributed by atoms with Gasteiger partial charge in [-0.1, -0.05) is 27.7 Å². The number of hydrogen-bond donors (Lipinski definition) is 1. The van der Waals surface area contributed by atoms with Crippen molar-refractivity contribution in [3.63, 3.8) is 0 Å². The molecule has 0 atom stereocenters.